The van der Waals surface area contributed by atoms with Gasteiger partial charge in [0.05, 0.1) is 10.6 Å². The number of aryl methyl sites for hydroxylation is 2. The molecule has 3 rings (SSSR count). The van der Waals surface area contributed by atoms with Gasteiger partial charge in [-0.1, -0.05) is 48.5 Å². The first kappa shape index (κ1) is 18.7. The fraction of sp³-hybridized carbons (Fsp3) is 0.0952. The number of anilines is 1. The minimum Gasteiger partial charge on any atom is -0.267 e. The number of amides is 1. The number of para-hydroxylation sites is 1. The minimum atomic E-state index is -4.01. The van der Waals surface area contributed by atoms with Crippen molar-refractivity contribution in [3.63, 3.8) is 0 Å². The number of sulfonamides is 1. The first-order valence-electron chi connectivity index (χ1n) is 8.43. The maximum Gasteiger partial charge on any atom is 0.282 e. The lowest BCUT2D eigenvalue weighted by molar-refractivity contribution is 0.0955. The highest BCUT2D eigenvalue weighted by Crippen LogP contribution is 2.25. The van der Waals surface area contributed by atoms with Crippen molar-refractivity contribution in [2.45, 2.75) is 18.7 Å². The van der Waals surface area contributed by atoms with Crippen molar-refractivity contribution in [2.24, 2.45) is 0 Å². The molecule has 3 aromatic rings. The SMILES string of the molecule is Cc1ccc(C)c(S(=O)(=O)N(NC(=O)c2ccccc2)c2ccccc2)c1. The van der Waals surface area contributed by atoms with Crippen LogP contribution in [0.1, 0.15) is 21.5 Å². The van der Waals surface area contributed by atoms with Crippen LogP contribution in [0.3, 0.4) is 0 Å². The zero-order valence-electron chi connectivity index (χ0n) is 15.1. The van der Waals surface area contributed by atoms with E-state index in [0.29, 0.717) is 16.8 Å². The summed E-state index contributed by atoms with van der Waals surface area (Å²) >= 11 is 0. The van der Waals surface area contributed by atoms with E-state index >= 15 is 0 Å². The van der Waals surface area contributed by atoms with Crippen molar-refractivity contribution >= 4 is 21.6 Å². The van der Waals surface area contributed by atoms with Crippen LogP contribution in [0.15, 0.2) is 83.8 Å². The molecule has 0 aliphatic heterocycles. The Morgan fingerprint density at radius 1 is 0.852 bits per heavy atom. The van der Waals surface area contributed by atoms with Gasteiger partial charge in [-0.25, -0.2) is 5.43 Å². The molecule has 0 fully saturated rings. The summed E-state index contributed by atoms with van der Waals surface area (Å²) in [6, 6.07) is 22.2. The maximum absolute atomic E-state index is 13.4. The van der Waals surface area contributed by atoms with E-state index in [9.17, 15) is 13.2 Å². The van der Waals surface area contributed by atoms with Crippen LogP contribution in [0.25, 0.3) is 0 Å². The summed E-state index contributed by atoms with van der Waals surface area (Å²) in [6.07, 6.45) is 0. The molecular weight excluding hydrogens is 360 g/mol. The molecule has 0 aliphatic carbocycles. The van der Waals surface area contributed by atoms with Gasteiger partial charge >= 0.3 is 0 Å². The molecule has 27 heavy (non-hydrogen) atoms. The lowest BCUT2D eigenvalue weighted by Gasteiger charge is -2.25. The van der Waals surface area contributed by atoms with E-state index < -0.39 is 15.9 Å². The molecule has 5 nitrogen and oxygen atoms in total. The predicted molar refractivity (Wildman–Crippen MR) is 106 cm³/mol. The highest BCUT2D eigenvalue weighted by Gasteiger charge is 2.28. The number of hydrogen-bond acceptors (Lipinski definition) is 3. The molecule has 0 atom stereocenters. The number of carbonyl (C=O) groups is 1. The van der Waals surface area contributed by atoms with Crippen LogP contribution >= 0.6 is 0 Å². The molecule has 0 spiro atoms. The molecular formula is C21H20N2O3S. The number of carbonyl (C=O) groups excluding carboxylic acids is 1. The third-order valence-corrected chi connectivity index (χ3v) is 5.87. The third-order valence-electron chi connectivity index (χ3n) is 4.09. The number of nitrogens with zero attached hydrogens (tertiary/aromatic N) is 1. The molecule has 3 aromatic carbocycles. The molecule has 138 valence electrons. The Morgan fingerprint density at radius 3 is 2.07 bits per heavy atom. The second-order valence-corrected chi connectivity index (χ2v) is 7.94. The quantitative estimate of drug-likeness (QED) is 0.684. The van der Waals surface area contributed by atoms with Crippen molar-refractivity contribution in [2.75, 3.05) is 4.41 Å². The topological polar surface area (TPSA) is 66.5 Å². The zero-order valence-corrected chi connectivity index (χ0v) is 15.9. The molecule has 0 unspecified atom stereocenters. The molecule has 1 amide bonds. The summed E-state index contributed by atoms with van der Waals surface area (Å²) in [5, 5.41) is 0. The van der Waals surface area contributed by atoms with Gasteiger partial charge in [0.25, 0.3) is 15.9 Å². The third kappa shape index (κ3) is 4.01. The van der Waals surface area contributed by atoms with Crippen LogP contribution in [0, 0.1) is 13.8 Å². The maximum atomic E-state index is 13.4. The largest absolute Gasteiger partial charge is 0.282 e. The van der Waals surface area contributed by atoms with E-state index in [2.05, 4.69) is 5.43 Å². The van der Waals surface area contributed by atoms with Gasteiger partial charge in [0.15, 0.2) is 0 Å². The highest BCUT2D eigenvalue weighted by molar-refractivity contribution is 7.92. The number of rotatable bonds is 5. The molecule has 0 heterocycles. The molecule has 6 heteroatoms. The van der Waals surface area contributed by atoms with E-state index in [-0.39, 0.29) is 4.90 Å². The lowest BCUT2D eigenvalue weighted by Crippen LogP contribution is -2.46. The Hall–Kier alpha value is -3.12. The number of hydrazine groups is 1. The van der Waals surface area contributed by atoms with E-state index in [4.69, 9.17) is 0 Å². The second kappa shape index (κ2) is 7.63. The van der Waals surface area contributed by atoms with E-state index in [1.54, 1.807) is 79.7 Å². The van der Waals surface area contributed by atoms with E-state index in [0.717, 1.165) is 9.98 Å². The molecule has 0 saturated carbocycles. The Labute approximate surface area is 159 Å². The summed E-state index contributed by atoms with van der Waals surface area (Å²) in [5.74, 6) is -0.506. The Bertz CT molecular complexity index is 1050. The molecule has 0 aliphatic rings. The fourth-order valence-electron chi connectivity index (χ4n) is 2.66. The van der Waals surface area contributed by atoms with Gasteiger partial charge in [0.1, 0.15) is 0 Å². The summed E-state index contributed by atoms with van der Waals surface area (Å²) < 4.78 is 27.7. The van der Waals surface area contributed by atoms with E-state index in [1.807, 2.05) is 13.0 Å². The average Bonchev–Trinajstić information content (AvgIpc) is 2.69. The average molecular weight is 380 g/mol. The van der Waals surface area contributed by atoms with E-state index in [1.165, 1.54) is 0 Å². The summed E-state index contributed by atoms with van der Waals surface area (Å²) in [4.78, 5) is 12.8. The summed E-state index contributed by atoms with van der Waals surface area (Å²) in [7, 11) is -4.01. The summed E-state index contributed by atoms with van der Waals surface area (Å²) in [5.41, 5.74) is 4.69. The lowest BCUT2D eigenvalue weighted by atomic mass is 10.2. The number of nitrogens with one attached hydrogen (secondary N) is 1. The van der Waals surface area contributed by atoms with Crippen LogP contribution in [-0.2, 0) is 10.0 Å². The van der Waals surface area contributed by atoms with Gasteiger partial charge in [-0.3, -0.25) is 4.79 Å². The van der Waals surface area contributed by atoms with Crippen molar-refractivity contribution in [1.82, 2.24) is 5.43 Å². The van der Waals surface area contributed by atoms with Crippen LogP contribution < -0.4 is 9.84 Å². The molecule has 0 bridgehead atoms. The standard InChI is InChI=1S/C21H20N2O3S/c1-16-13-14-17(2)20(15-16)27(25,26)23(19-11-7-4-8-12-19)22-21(24)18-9-5-3-6-10-18/h3-15H,1-2H3,(H,22,24). The number of hydrogen-bond donors (Lipinski definition) is 1. The van der Waals surface area contributed by atoms with Crippen molar-refractivity contribution in [3.05, 3.63) is 95.6 Å². The van der Waals surface area contributed by atoms with Crippen LogP contribution in [-0.4, -0.2) is 14.3 Å². The van der Waals surface area contributed by atoms with Crippen molar-refractivity contribution < 1.29 is 13.2 Å². The van der Waals surface area contributed by atoms with Gasteiger partial charge in [-0.15, -0.1) is 0 Å². The number of benzene rings is 3. The normalized spacial score (nSPS) is 11.0. The van der Waals surface area contributed by atoms with Gasteiger partial charge < -0.3 is 0 Å². The first-order valence-corrected chi connectivity index (χ1v) is 9.87. The second-order valence-electron chi connectivity index (χ2n) is 6.18. The highest BCUT2D eigenvalue weighted by atomic mass is 32.2. The smallest absolute Gasteiger partial charge is 0.267 e. The van der Waals surface area contributed by atoms with Gasteiger partial charge in [-0.2, -0.15) is 12.8 Å². The van der Waals surface area contributed by atoms with Crippen LogP contribution in [0.4, 0.5) is 5.69 Å². The molecule has 0 radical (unpaired) electrons. The van der Waals surface area contributed by atoms with Gasteiger partial charge in [0.2, 0.25) is 0 Å². The van der Waals surface area contributed by atoms with Crippen molar-refractivity contribution in [1.29, 1.82) is 0 Å². The van der Waals surface area contributed by atoms with Crippen molar-refractivity contribution in [3.8, 4) is 0 Å². The molecule has 0 aromatic heterocycles. The fourth-order valence-corrected chi connectivity index (χ4v) is 4.27. The van der Waals surface area contributed by atoms with Crippen LogP contribution in [0.2, 0.25) is 0 Å². The monoisotopic (exact) mass is 380 g/mol. The van der Waals surface area contributed by atoms with Gasteiger partial charge in [0, 0.05) is 5.56 Å². The summed E-state index contributed by atoms with van der Waals surface area (Å²) in [6.45, 7) is 3.56. The van der Waals surface area contributed by atoms with Crippen LogP contribution in [0.5, 0.6) is 0 Å². The molecule has 0 saturated heterocycles. The zero-order chi connectivity index (χ0) is 19.4. The van der Waals surface area contributed by atoms with Gasteiger partial charge in [-0.05, 0) is 55.3 Å². The Balaban J connectivity index is 2.07. The molecule has 1 N–H and O–H groups in total. The predicted octanol–water partition coefficient (Wildman–Crippen LogP) is 3.84. The minimum absolute atomic E-state index is 0.153. The Kier molecular flexibility index (Phi) is 5.28. The Morgan fingerprint density at radius 2 is 1.44 bits per heavy atom. The first-order chi connectivity index (χ1) is 12.9.